The highest BCUT2D eigenvalue weighted by atomic mass is 35.5. The van der Waals surface area contributed by atoms with Crippen LogP contribution in [0.15, 0.2) is 53.6 Å². The molecule has 4 rings (SSSR count). The second-order valence-electron chi connectivity index (χ2n) is 8.93. The molecule has 2 atom stereocenters. The summed E-state index contributed by atoms with van der Waals surface area (Å²) in [6.07, 6.45) is 2.60. The second kappa shape index (κ2) is 11.2. The van der Waals surface area contributed by atoms with Gasteiger partial charge in [0.1, 0.15) is 16.4 Å². The third-order valence-electron chi connectivity index (χ3n) is 6.85. The normalized spacial score (nSPS) is 18.5. The monoisotopic (exact) mass is 532 g/mol. The zero-order valence-electron chi connectivity index (χ0n) is 20.8. The number of benzene rings is 2. The zero-order valence-corrected chi connectivity index (χ0v) is 22.4. The number of halogens is 1. The lowest BCUT2D eigenvalue weighted by Gasteiger charge is -2.33. The van der Waals surface area contributed by atoms with Crippen molar-refractivity contribution in [1.82, 2.24) is 20.0 Å². The summed E-state index contributed by atoms with van der Waals surface area (Å²) in [5.41, 5.74) is 1.47. The molecule has 2 aromatic carbocycles. The zero-order chi connectivity index (χ0) is 25.9. The lowest BCUT2D eigenvalue weighted by Crippen LogP contribution is -2.49. The molecule has 0 saturated carbocycles. The number of phenolic OH excluding ortho intramolecular Hbond substituents is 1. The number of para-hydroxylation sites is 1. The number of rotatable bonds is 9. The number of hydrogen-bond donors (Lipinski definition) is 2. The maximum Gasteiger partial charge on any atom is 0.185 e. The van der Waals surface area contributed by atoms with Gasteiger partial charge in [-0.15, -0.1) is 0 Å². The Bertz CT molecular complexity index is 1310. The molecule has 1 fully saturated rings. The van der Waals surface area contributed by atoms with E-state index in [1.54, 1.807) is 23.0 Å². The van der Waals surface area contributed by atoms with E-state index < -0.39 is 15.1 Å². The number of piperidine rings is 1. The SMILES string of the molecule is CCN(CC)CC1CC(S(=O)(=O)c2cc(-c3ccnn3-c3ccccc3Cl)c(O)cc2OC)CCN1. The first-order valence-corrected chi connectivity index (χ1v) is 14.1. The van der Waals surface area contributed by atoms with Gasteiger partial charge in [-0.25, -0.2) is 13.1 Å². The van der Waals surface area contributed by atoms with E-state index in [2.05, 4.69) is 29.2 Å². The molecule has 0 spiro atoms. The molecule has 1 aromatic heterocycles. The van der Waals surface area contributed by atoms with Crippen LogP contribution in [-0.2, 0) is 9.84 Å². The van der Waals surface area contributed by atoms with Gasteiger partial charge in [-0.3, -0.25) is 0 Å². The van der Waals surface area contributed by atoms with Gasteiger partial charge in [0, 0.05) is 24.2 Å². The Morgan fingerprint density at radius 2 is 1.97 bits per heavy atom. The molecular weight excluding hydrogens is 500 g/mol. The van der Waals surface area contributed by atoms with Crippen molar-refractivity contribution in [1.29, 1.82) is 0 Å². The van der Waals surface area contributed by atoms with Gasteiger partial charge in [0.15, 0.2) is 9.84 Å². The number of aromatic hydroxyl groups is 1. The molecule has 0 bridgehead atoms. The third kappa shape index (κ3) is 5.25. The van der Waals surface area contributed by atoms with Crippen LogP contribution in [0.4, 0.5) is 0 Å². The fourth-order valence-electron chi connectivity index (χ4n) is 4.82. The number of methoxy groups -OCH3 is 1. The Kier molecular flexibility index (Phi) is 8.24. The Labute approximate surface area is 217 Å². The number of hydrogen-bond acceptors (Lipinski definition) is 7. The summed E-state index contributed by atoms with van der Waals surface area (Å²) in [5, 5.41) is 18.6. The molecule has 194 valence electrons. The van der Waals surface area contributed by atoms with Crippen LogP contribution in [-0.4, -0.2) is 72.8 Å². The number of likely N-dealkylation sites (N-methyl/N-ethyl adjacent to an activating group) is 1. The van der Waals surface area contributed by atoms with E-state index in [9.17, 15) is 13.5 Å². The van der Waals surface area contributed by atoms with Crippen LogP contribution in [0.3, 0.4) is 0 Å². The maximum absolute atomic E-state index is 13.9. The van der Waals surface area contributed by atoms with E-state index in [0.29, 0.717) is 41.4 Å². The quantitative estimate of drug-likeness (QED) is 0.427. The van der Waals surface area contributed by atoms with E-state index in [0.717, 1.165) is 19.6 Å². The molecule has 0 radical (unpaired) electrons. The fraction of sp³-hybridized carbons (Fsp3) is 0.423. The molecule has 1 aliphatic heterocycles. The van der Waals surface area contributed by atoms with Crippen molar-refractivity contribution in [2.75, 3.05) is 33.3 Å². The van der Waals surface area contributed by atoms with Gasteiger partial charge in [0.05, 0.1) is 35.0 Å². The molecule has 2 N–H and O–H groups in total. The Morgan fingerprint density at radius 1 is 1.22 bits per heavy atom. The van der Waals surface area contributed by atoms with Crippen LogP contribution in [0.2, 0.25) is 5.02 Å². The van der Waals surface area contributed by atoms with Crippen molar-refractivity contribution in [3.05, 3.63) is 53.7 Å². The summed E-state index contributed by atoms with van der Waals surface area (Å²) in [4.78, 5) is 2.36. The fourth-order valence-corrected chi connectivity index (χ4v) is 7.01. The number of sulfone groups is 1. The van der Waals surface area contributed by atoms with Crippen LogP contribution in [0.5, 0.6) is 11.5 Å². The first kappa shape index (κ1) is 26.5. The molecule has 0 aliphatic carbocycles. The van der Waals surface area contributed by atoms with E-state index in [1.165, 1.54) is 19.2 Å². The van der Waals surface area contributed by atoms with Crippen molar-refractivity contribution in [3.63, 3.8) is 0 Å². The van der Waals surface area contributed by atoms with Crippen LogP contribution < -0.4 is 10.1 Å². The van der Waals surface area contributed by atoms with Gasteiger partial charge >= 0.3 is 0 Å². The molecule has 10 heteroatoms. The summed E-state index contributed by atoms with van der Waals surface area (Å²) in [5.74, 6) is 0.0169. The van der Waals surface area contributed by atoms with Crippen LogP contribution in [0.25, 0.3) is 16.9 Å². The van der Waals surface area contributed by atoms with Gasteiger partial charge in [-0.05, 0) is 56.7 Å². The standard InChI is InChI=1S/C26H33ClN4O4S/c1-4-30(5-2)17-18-14-19(10-12-28-18)36(33,34)26-15-20(24(32)16-25(26)35-3)22-11-13-29-31(22)23-9-7-6-8-21(23)27/h6-9,11,13,15-16,18-19,28,32H,4-5,10,12,14,17H2,1-3H3. The Balaban J connectivity index is 1.73. The highest BCUT2D eigenvalue weighted by molar-refractivity contribution is 7.92. The smallest absolute Gasteiger partial charge is 0.185 e. The Hall–Kier alpha value is -2.59. The summed E-state index contributed by atoms with van der Waals surface area (Å²) in [6.45, 7) is 7.48. The maximum atomic E-state index is 13.9. The average Bonchev–Trinajstić information content (AvgIpc) is 3.36. The highest BCUT2D eigenvalue weighted by Gasteiger charge is 2.36. The van der Waals surface area contributed by atoms with Crippen molar-refractivity contribution in [2.45, 2.75) is 42.9 Å². The predicted octanol–water partition coefficient (Wildman–Crippen LogP) is 4.14. The van der Waals surface area contributed by atoms with E-state index >= 15 is 0 Å². The molecule has 2 heterocycles. The lowest BCUT2D eigenvalue weighted by molar-refractivity contribution is 0.243. The molecule has 3 aromatic rings. The molecule has 1 aliphatic rings. The molecule has 36 heavy (non-hydrogen) atoms. The van der Waals surface area contributed by atoms with Crippen LogP contribution in [0, 0.1) is 0 Å². The highest BCUT2D eigenvalue weighted by Crippen LogP contribution is 2.40. The minimum atomic E-state index is -3.75. The number of ether oxygens (including phenoxy) is 1. The minimum absolute atomic E-state index is 0.0678. The van der Waals surface area contributed by atoms with Crippen LogP contribution in [0.1, 0.15) is 26.7 Å². The minimum Gasteiger partial charge on any atom is -0.507 e. The number of phenols is 1. The van der Waals surface area contributed by atoms with Gasteiger partial charge < -0.3 is 20.1 Å². The van der Waals surface area contributed by atoms with Crippen molar-refractivity contribution < 1.29 is 18.3 Å². The molecule has 2 unspecified atom stereocenters. The van der Waals surface area contributed by atoms with Gasteiger partial charge in [-0.2, -0.15) is 5.10 Å². The van der Waals surface area contributed by atoms with Gasteiger partial charge in [0.25, 0.3) is 0 Å². The first-order chi connectivity index (χ1) is 17.3. The Morgan fingerprint density at radius 3 is 2.67 bits per heavy atom. The first-order valence-electron chi connectivity index (χ1n) is 12.2. The predicted molar refractivity (Wildman–Crippen MR) is 142 cm³/mol. The van der Waals surface area contributed by atoms with Crippen molar-refractivity contribution >= 4 is 21.4 Å². The van der Waals surface area contributed by atoms with Crippen molar-refractivity contribution in [2.24, 2.45) is 0 Å². The van der Waals surface area contributed by atoms with E-state index in [-0.39, 0.29) is 22.4 Å². The van der Waals surface area contributed by atoms with Gasteiger partial charge in [-0.1, -0.05) is 37.6 Å². The molecule has 8 nitrogen and oxygen atoms in total. The molecule has 1 saturated heterocycles. The molecule has 0 amide bonds. The molecular formula is C26H33ClN4O4S. The van der Waals surface area contributed by atoms with E-state index in [1.807, 2.05) is 18.2 Å². The number of nitrogens with zero attached hydrogens (tertiary/aromatic N) is 3. The largest absolute Gasteiger partial charge is 0.507 e. The third-order valence-corrected chi connectivity index (χ3v) is 9.40. The van der Waals surface area contributed by atoms with Gasteiger partial charge in [0.2, 0.25) is 0 Å². The van der Waals surface area contributed by atoms with Crippen molar-refractivity contribution in [3.8, 4) is 28.4 Å². The second-order valence-corrected chi connectivity index (χ2v) is 11.5. The van der Waals surface area contributed by atoms with Crippen LogP contribution >= 0.6 is 11.6 Å². The lowest BCUT2D eigenvalue weighted by atomic mass is 10.0. The average molecular weight is 533 g/mol. The van der Waals surface area contributed by atoms with E-state index in [4.69, 9.17) is 16.3 Å². The number of nitrogens with one attached hydrogen (secondary N) is 1. The summed E-state index contributed by atoms with van der Waals surface area (Å²) >= 11 is 6.39. The topological polar surface area (TPSA) is 96.7 Å². The number of aromatic nitrogens is 2. The summed E-state index contributed by atoms with van der Waals surface area (Å²) < 4.78 is 34.9. The summed E-state index contributed by atoms with van der Waals surface area (Å²) in [6, 6.07) is 11.9. The summed E-state index contributed by atoms with van der Waals surface area (Å²) in [7, 11) is -2.34.